The van der Waals surface area contributed by atoms with Crippen LogP contribution in [0.5, 0.6) is 0 Å². The van der Waals surface area contributed by atoms with E-state index in [4.69, 9.17) is 16.2 Å². The summed E-state index contributed by atoms with van der Waals surface area (Å²) in [6.07, 6.45) is 0.684. The molecule has 3 heterocycles. The zero-order valence-corrected chi connectivity index (χ0v) is 16.3. The van der Waals surface area contributed by atoms with Crippen LogP contribution in [0.1, 0.15) is 12.8 Å². The lowest BCUT2D eigenvalue weighted by Crippen LogP contribution is -2.58. The number of likely N-dealkylation sites (tertiary alicyclic amines) is 1. The van der Waals surface area contributed by atoms with E-state index in [1.165, 1.54) is 6.20 Å². The van der Waals surface area contributed by atoms with Crippen LogP contribution in [-0.2, 0) is 9.53 Å². The minimum atomic E-state index is -1.12. The maximum absolute atomic E-state index is 14.5. The first-order valence-electron chi connectivity index (χ1n) is 9.62. The number of aliphatic imine (C=N–C) groups is 2. The monoisotopic (exact) mass is 411 g/mol. The summed E-state index contributed by atoms with van der Waals surface area (Å²) in [6, 6.07) is -0.672. The molecule has 0 bridgehead atoms. The van der Waals surface area contributed by atoms with Gasteiger partial charge in [-0.2, -0.15) is 9.38 Å². The van der Waals surface area contributed by atoms with Crippen molar-refractivity contribution in [2.24, 2.45) is 27.4 Å². The standard InChI is InChI=1S/C18H27F2N7O2/c1-27-4-2-11(3-5-27)29-15-12(20)8-23-9-13(15)26-18(28)14(16(21)22)17-24-6-10(19)7-25-17/h8,11,13-16,23H,2-6,9,21-22H2,1H3,(H,26,28). The third-order valence-corrected chi connectivity index (χ3v) is 5.16. The van der Waals surface area contributed by atoms with Crippen molar-refractivity contribution in [2.75, 3.05) is 33.2 Å². The zero-order chi connectivity index (χ0) is 21.0. The molecule has 0 aromatic carbocycles. The Bertz CT molecular complexity index is 740. The Hall–Kier alpha value is -2.17. The van der Waals surface area contributed by atoms with Crippen LogP contribution < -0.4 is 22.1 Å². The van der Waals surface area contributed by atoms with Crippen LogP contribution in [0.3, 0.4) is 0 Å². The molecule has 1 fully saturated rings. The fourth-order valence-corrected chi connectivity index (χ4v) is 3.52. The van der Waals surface area contributed by atoms with Crippen molar-refractivity contribution < 1.29 is 18.3 Å². The molecule has 0 aromatic rings. The van der Waals surface area contributed by atoms with Gasteiger partial charge in [-0.05, 0) is 19.9 Å². The molecule has 0 aromatic heterocycles. The summed E-state index contributed by atoms with van der Waals surface area (Å²) in [5.41, 5.74) is 11.5. The Morgan fingerprint density at radius 2 is 2.14 bits per heavy atom. The molecular formula is C18H27F2N7O2. The molecule has 160 valence electrons. The number of halogens is 2. The molecule has 3 rings (SSSR count). The second-order valence-corrected chi connectivity index (χ2v) is 7.47. The van der Waals surface area contributed by atoms with Crippen molar-refractivity contribution >= 4 is 17.6 Å². The highest BCUT2D eigenvalue weighted by Gasteiger charge is 2.37. The van der Waals surface area contributed by atoms with E-state index < -0.39 is 41.8 Å². The smallest absolute Gasteiger partial charge is 0.234 e. The van der Waals surface area contributed by atoms with Gasteiger partial charge in [-0.3, -0.25) is 9.79 Å². The van der Waals surface area contributed by atoms with Crippen LogP contribution in [0, 0.1) is 5.92 Å². The van der Waals surface area contributed by atoms with Gasteiger partial charge in [-0.25, -0.2) is 4.39 Å². The molecule has 3 unspecified atom stereocenters. The van der Waals surface area contributed by atoms with Crippen LogP contribution in [-0.4, -0.2) is 80.2 Å². The number of hydrogen-bond acceptors (Lipinski definition) is 8. The molecule has 3 atom stereocenters. The van der Waals surface area contributed by atoms with Crippen molar-refractivity contribution in [2.45, 2.75) is 37.3 Å². The van der Waals surface area contributed by atoms with Crippen LogP contribution in [0.2, 0.25) is 0 Å². The van der Waals surface area contributed by atoms with Gasteiger partial charge in [0.15, 0.2) is 5.83 Å². The number of carbonyl (C=O) groups is 1. The first kappa shape index (κ1) is 21.5. The third-order valence-electron chi connectivity index (χ3n) is 5.16. The third kappa shape index (κ3) is 5.46. The van der Waals surface area contributed by atoms with Gasteiger partial charge in [0, 0.05) is 31.7 Å². The molecule has 6 N–H and O–H groups in total. The van der Waals surface area contributed by atoms with Crippen molar-refractivity contribution in [3.05, 3.63) is 17.9 Å². The van der Waals surface area contributed by atoms with Gasteiger partial charge in [-0.1, -0.05) is 0 Å². The molecule has 1 amide bonds. The second-order valence-electron chi connectivity index (χ2n) is 7.47. The molecule has 0 radical (unpaired) electrons. The van der Waals surface area contributed by atoms with Crippen LogP contribution in [0.15, 0.2) is 27.8 Å². The summed E-state index contributed by atoms with van der Waals surface area (Å²) >= 11 is 0. The average molecular weight is 411 g/mol. The highest BCUT2D eigenvalue weighted by molar-refractivity contribution is 6.06. The lowest BCUT2D eigenvalue weighted by atomic mass is 10.0. The number of carbonyl (C=O) groups excluding carboxylic acids is 1. The Morgan fingerprint density at radius 1 is 1.41 bits per heavy atom. The zero-order valence-electron chi connectivity index (χ0n) is 16.3. The van der Waals surface area contributed by atoms with Crippen molar-refractivity contribution in [1.82, 2.24) is 15.5 Å². The quantitative estimate of drug-likeness (QED) is 0.422. The van der Waals surface area contributed by atoms with E-state index in [-0.39, 0.29) is 25.0 Å². The Balaban J connectivity index is 1.69. The molecule has 3 aliphatic rings. The number of nitrogens with one attached hydrogen (secondary N) is 2. The van der Waals surface area contributed by atoms with E-state index in [9.17, 15) is 13.6 Å². The van der Waals surface area contributed by atoms with Gasteiger partial charge in [0.05, 0.1) is 18.3 Å². The Morgan fingerprint density at radius 3 is 2.76 bits per heavy atom. The number of amides is 1. The topological polar surface area (TPSA) is 130 Å². The maximum Gasteiger partial charge on any atom is 0.234 e. The maximum atomic E-state index is 14.5. The molecule has 9 nitrogen and oxygen atoms in total. The minimum Gasteiger partial charge on any atom is -0.387 e. The molecular weight excluding hydrogens is 384 g/mol. The van der Waals surface area contributed by atoms with E-state index in [2.05, 4.69) is 31.4 Å². The summed E-state index contributed by atoms with van der Waals surface area (Å²) in [6.45, 7) is 1.72. The summed E-state index contributed by atoms with van der Waals surface area (Å²) in [7, 11) is 2.03. The number of nitrogens with zero attached hydrogens (tertiary/aromatic N) is 3. The molecule has 3 aliphatic heterocycles. The predicted octanol–water partition coefficient (Wildman–Crippen LogP) is -0.840. The first-order chi connectivity index (χ1) is 13.8. The Kier molecular flexibility index (Phi) is 7.09. The lowest BCUT2D eigenvalue weighted by molar-refractivity contribution is -0.126. The van der Waals surface area contributed by atoms with E-state index in [0.717, 1.165) is 25.9 Å². The van der Waals surface area contributed by atoms with Crippen molar-refractivity contribution in [3.8, 4) is 0 Å². The van der Waals surface area contributed by atoms with Crippen LogP contribution in [0.25, 0.3) is 0 Å². The summed E-state index contributed by atoms with van der Waals surface area (Å²) in [5, 5.41) is 5.54. The van der Waals surface area contributed by atoms with Gasteiger partial charge in [0.25, 0.3) is 0 Å². The SMILES string of the molecule is CN1CCC(OC2C(F)=CNCC2NC(=O)C(C2=NCC(F)=C=N2)C(N)N)CC1. The van der Waals surface area contributed by atoms with Crippen molar-refractivity contribution in [1.29, 1.82) is 0 Å². The van der Waals surface area contributed by atoms with Gasteiger partial charge < -0.3 is 31.7 Å². The highest BCUT2D eigenvalue weighted by atomic mass is 19.1. The van der Waals surface area contributed by atoms with E-state index in [1.807, 2.05) is 7.05 Å². The molecule has 1 saturated heterocycles. The fourth-order valence-electron chi connectivity index (χ4n) is 3.52. The Labute approximate surface area is 167 Å². The van der Waals surface area contributed by atoms with Crippen molar-refractivity contribution in [3.63, 3.8) is 0 Å². The molecule has 0 aliphatic carbocycles. The van der Waals surface area contributed by atoms with E-state index in [1.54, 1.807) is 0 Å². The summed E-state index contributed by atoms with van der Waals surface area (Å²) in [4.78, 5) is 22.6. The number of ether oxygens (including phenoxy) is 1. The average Bonchev–Trinajstić information content (AvgIpc) is 2.67. The normalized spacial score (nSPS) is 27.0. The van der Waals surface area contributed by atoms with E-state index in [0.29, 0.717) is 0 Å². The number of nitrogens with two attached hydrogens (primary N) is 2. The van der Waals surface area contributed by atoms with Crippen LogP contribution in [0.4, 0.5) is 8.78 Å². The largest absolute Gasteiger partial charge is 0.387 e. The fraction of sp³-hybridized carbons (Fsp3) is 0.667. The van der Waals surface area contributed by atoms with Gasteiger partial charge >= 0.3 is 0 Å². The van der Waals surface area contributed by atoms with Gasteiger partial charge in [0.2, 0.25) is 5.91 Å². The number of piperidine rings is 1. The minimum absolute atomic E-state index is 0.00790. The molecule has 0 spiro atoms. The van der Waals surface area contributed by atoms with Crippen LogP contribution >= 0.6 is 0 Å². The lowest BCUT2D eigenvalue weighted by Gasteiger charge is -2.36. The number of amidine groups is 1. The molecule has 11 heteroatoms. The number of rotatable bonds is 6. The van der Waals surface area contributed by atoms with Gasteiger partial charge in [0.1, 0.15) is 30.2 Å². The predicted molar refractivity (Wildman–Crippen MR) is 105 cm³/mol. The van der Waals surface area contributed by atoms with E-state index >= 15 is 0 Å². The number of hydrogen-bond donors (Lipinski definition) is 4. The first-order valence-corrected chi connectivity index (χ1v) is 9.62. The molecule has 29 heavy (non-hydrogen) atoms. The van der Waals surface area contributed by atoms with Gasteiger partial charge in [-0.15, -0.1) is 0 Å². The summed E-state index contributed by atoms with van der Waals surface area (Å²) in [5.74, 6) is -0.699. The summed E-state index contributed by atoms with van der Waals surface area (Å²) < 4.78 is 33.6. The second kappa shape index (κ2) is 9.55. The highest BCUT2D eigenvalue weighted by Crippen LogP contribution is 2.23. The molecule has 0 saturated carbocycles.